The number of fused-ring (bicyclic) bond motifs is 1. The van der Waals surface area contributed by atoms with Gasteiger partial charge in [0, 0.05) is 42.5 Å². The molecule has 0 saturated carbocycles. The monoisotopic (exact) mass is 484 g/mol. The van der Waals surface area contributed by atoms with Crippen molar-refractivity contribution in [3.63, 3.8) is 0 Å². The third-order valence-electron chi connectivity index (χ3n) is 6.34. The fourth-order valence-corrected chi connectivity index (χ4v) is 4.51. The van der Waals surface area contributed by atoms with Crippen LogP contribution in [0.15, 0.2) is 40.1 Å². The second kappa shape index (κ2) is 10.5. The summed E-state index contributed by atoms with van der Waals surface area (Å²) in [6, 6.07) is 7.49. The van der Waals surface area contributed by atoms with Crippen LogP contribution in [-0.4, -0.2) is 55.6 Å². The van der Waals surface area contributed by atoms with Gasteiger partial charge in [-0.3, -0.25) is 23.6 Å². The van der Waals surface area contributed by atoms with Crippen LogP contribution < -0.4 is 16.6 Å². The third kappa shape index (κ3) is 5.05. The van der Waals surface area contributed by atoms with Gasteiger partial charge < -0.3 is 5.32 Å². The zero-order valence-electron chi connectivity index (χ0n) is 19.5. The number of piperidine rings is 1. The maximum Gasteiger partial charge on any atom is 0.333 e. The van der Waals surface area contributed by atoms with Gasteiger partial charge in [0.25, 0.3) is 5.56 Å². The Morgan fingerprint density at radius 1 is 1.18 bits per heavy atom. The van der Waals surface area contributed by atoms with Crippen LogP contribution in [0, 0.1) is 0 Å². The molecular weight excluding hydrogens is 456 g/mol. The Morgan fingerprint density at radius 2 is 1.94 bits per heavy atom. The van der Waals surface area contributed by atoms with Crippen LogP contribution in [0.2, 0.25) is 5.02 Å². The summed E-state index contributed by atoms with van der Waals surface area (Å²) in [5, 5.41) is 3.62. The van der Waals surface area contributed by atoms with Crippen molar-refractivity contribution in [3.8, 4) is 11.4 Å². The van der Waals surface area contributed by atoms with Crippen molar-refractivity contribution in [1.29, 1.82) is 0 Å². The van der Waals surface area contributed by atoms with E-state index in [0.29, 0.717) is 35.5 Å². The van der Waals surface area contributed by atoms with Gasteiger partial charge in [-0.15, -0.1) is 0 Å². The number of carbonyl (C=O) groups is 1. The number of aryl methyl sites for hydroxylation is 1. The number of hydrogen-bond donors (Lipinski definition) is 1. The number of likely N-dealkylation sites (tertiary alicyclic amines) is 1. The predicted molar refractivity (Wildman–Crippen MR) is 132 cm³/mol. The van der Waals surface area contributed by atoms with Crippen LogP contribution in [0.4, 0.5) is 0 Å². The summed E-state index contributed by atoms with van der Waals surface area (Å²) in [6.07, 6.45) is 4.98. The van der Waals surface area contributed by atoms with E-state index < -0.39 is 11.2 Å². The quantitative estimate of drug-likeness (QED) is 0.552. The van der Waals surface area contributed by atoms with Gasteiger partial charge in [0.2, 0.25) is 5.91 Å². The number of aromatic nitrogens is 4. The van der Waals surface area contributed by atoms with E-state index >= 15 is 0 Å². The predicted octanol–water partition coefficient (Wildman–Crippen LogP) is 2.28. The topological polar surface area (TPSA) is 102 Å². The lowest BCUT2D eigenvalue weighted by atomic mass is 10.0. The van der Waals surface area contributed by atoms with Crippen molar-refractivity contribution in [3.05, 3.63) is 56.3 Å². The Morgan fingerprint density at radius 3 is 2.65 bits per heavy atom. The third-order valence-corrected chi connectivity index (χ3v) is 6.60. The van der Waals surface area contributed by atoms with E-state index in [4.69, 9.17) is 11.6 Å². The molecule has 3 heterocycles. The Balaban J connectivity index is 1.56. The van der Waals surface area contributed by atoms with Crippen molar-refractivity contribution in [2.75, 3.05) is 19.6 Å². The molecule has 0 unspecified atom stereocenters. The van der Waals surface area contributed by atoms with Crippen LogP contribution >= 0.6 is 11.6 Å². The minimum Gasteiger partial charge on any atom is -0.353 e. The SMILES string of the molecule is CCn1c(=O)n(CC(=O)NCCN2CCCC[C@H]2C)c(=O)c2cnc(-c3ccc(Cl)cc3)nc21. The van der Waals surface area contributed by atoms with E-state index in [1.165, 1.54) is 30.0 Å². The van der Waals surface area contributed by atoms with Crippen LogP contribution in [0.25, 0.3) is 22.4 Å². The van der Waals surface area contributed by atoms with E-state index in [1.807, 2.05) is 0 Å². The number of hydrogen-bond acceptors (Lipinski definition) is 6. The molecule has 0 aliphatic carbocycles. The highest BCUT2D eigenvalue weighted by Gasteiger charge is 2.19. The summed E-state index contributed by atoms with van der Waals surface area (Å²) >= 11 is 5.95. The number of benzene rings is 1. The lowest BCUT2D eigenvalue weighted by molar-refractivity contribution is -0.121. The van der Waals surface area contributed by atoms with E-state index in [9.17, 15) is 14.4 Å². The molecule has 1 aliphatic heterocycles. The second-order valence-corrected chi connectivity index (χ2v) is 9.02. The number of halogens is 1. The number of nitrogens with one attached hydrogen (secondary N) is 1. The summed E-state index contributed by atoms with van der Waals surface area (Å²) in [5.74, 6) is 0.0113. The van der Waals surface area contributed by atoms with Crippen LogP contribution in [0.1, 0.15) is 33.1 Å². The molecule has 180 valence electrons. The molecule has 1 aliphatic rings. The molecule has 1 fully saturated rings. The van der Waals surface area contributed by atoms with Gasteiger partial charge in [-0.1, -0.05) is 18.0 Å². The van der Waals surface area contributed by atoms with Gasteiger partial charge in [-0.2, -0.15) is 0 Å². The normalized spacial score (nSPS) is 16.6. The molecule has 4 rings (SSSR count). The van der Waals surface area contributed by atoms with E-state index in [-0.39, 0.29) is 23.5 Å². The molecular formula is C24H29ClN6O3. The fourth-order valence-electron chi connectivity index (χ4n) is 4.39. The van der Waals surface area contributed by atoms with Gasteiger partial charge in [-0.05, 0) is 57.5 Å². The summed E-state index contributed by atoms with van der Waals surface area (Å²) in [6.45, 7) is 6.19. The summed E-state index contributed by atoms with van der Waals surface area (Å²) < 4.78 is 2.34. The second-order valence-electron chi connectivity index (χ2n) is 8.59. The highest BCUT2D eigenvalue weighted by atomic mass is 35.5. The molecule has 1 aromatic carbocycles. The molecule has 0 spiro atoms. The highest BCUT2D eigenvalue weighted by Crippen LogP contribution is 2.19. The minimum atomic E-state index is -0.577. The van der Waals surface area contributed by atoms with Gasteiger partial charge in [-0.25, -0.2) is 14.8 Å². The maximum atomic E-state index is 13.1. The van der Waals surface area contributed by atoms with Crippen LogP contribution in [0.3, 0.4) is 0 Å². The highest BCUT2D eigenvalue weighted by molar-refractivity contribution is 6.30. The minimum absolute atomic E-state index is 0.189. The van der Waals surface area contributed by atoms with Crippen molar-refractivity contribution in [2.45, 2.75) is 52.2 Å². The zero-order valence-corrected chi connectivity index (χ0v) is 20.2. The fraction of sp³-hybridized carbons (Fsp3) is 0.458. The number of nitrogens with zero attached hydrogens (tertiary/aromatic N) is 5. The average molecular weight is 485 g/mol. The number of rotatable bonds is 7. The molecule has 1 atom stereocenters. The first-order valence-electron chi connectivity index (χ1n) is 11.7. The summed E-state index contributed by atoms with van der Waals surface area (Å²) in [7, 11) is 0. The lowest BCUT2D eigenvalue weighted by Crippen LogP contribution is -2.46. The molecule has 1 N–H and O–H groups in total. The molecule has 3 aromatic rings. The van der Waals surface area contributed by atoms with Gasteiger partial charge in [0.15, 0.2) is 11.5 Å². The van der Waals surface area contributed by atoms with Gasteiger partial charge in [0.05, 0.1) is 0 Å². The largest absolute Gasteiger partial charge is 0.353 e. The zero-order chi connectivity index (χ0) is 24.2. The molecule has 1 amide bonds. The molecule has 2 aromatic heterocycles. The van der Waals surface area contributed by atoms with Crippen molar-refractivity contribution in [1.82, 2.24) is 29.3 Å². The molecule has 0 bridgehead atoms. The van der Waals surface area contributed by atoms with Crippen molar-refractivity contribution >= 4 is 28.5 Å². The van der Waals surface area contributed by atoms with Crippen molar-refractivity contribution < 1.29 is 4.79 Å². The molecule has 1 saturated heterocycles. The van der Waals surface area contributed by atoms with Gasteiger partial charge >= 0.3 is 5.69 Å². The Bertz CT molecular complexity index is 1300. The molecule has 0 radical (unpaired) electrons. The number of amides is 1. The number of carbonyl (C=O) groups excluding carboxylic acids is 1. The lowest BCUT2D eigenvalue weighted by Gasteiger charge is -2.33. The standard InChI is InChI=1S/C24H29ClN6O3/c1-3-30-22-19(14-27-21(28-22)17-7-9-18(25)10-8-17)23(33)31(24(30)34)15-20(32)26-11-13-29-12-5-4-6-16(29)2/h7-10,14,16H,3-6,11-13,15H2,1-2H3,(H,26,32)/t16-/m1/s1. The molecule has 9 nitrogen and oxygen atoms in total. The van der Waals surface area contributed by atoms with Crippen LogP contribution in [0.5, 0.6) is 0 Å². The first-order valence-corrected chi connectivity index (χ1v) is 12.0. The summed E-state index contributed by atoms with van der Waals surface area (Å²) in [4.78, 5) is 49.9. The first kappa shape index (κ1) is 24.1. The molecule has 34 heavy (non-hydrogen) atoms. The summed E-state index contributed by atoms with van der Waals surface area (Å²) in [5.41, 5.74) is -0.186. The van der Waals surface area contributed by atoms with Gasteiger partial charge in [0.1, 0.15) is 11.9 Å². The van der Waals surface area contributed by atoms with Crippen molar-refractivity contribution in [2.24, 2.45) is 0 Å². The maximum absolute atomic E-state index is 13.1. The van der Waals surface area contributed by atoms with E-state index in [2.05, 4.69) is 27.1 Å². The van der Waals surface area contributed by atoms with Crippen LogP contribution in [-0.2, 0) is 17.9 Å². The Hall–Kier alpha value is -3.04. The first-order chi connectivity index (χ1) is 16.4. The smallest absolute Gasteiger partial charge is 0.333 e. The average Bonchev–Trinajstić information content (AvgIpc) is 2.83. The van der Waals surface area contributed by atoms with E-state index in [1.54, 1.807) is 31.2 Å². The Labute approximate surface area is 202 Å². The Kier molecular flexibility index (Phi) is 7.43. The molecule has 10 heteroatoms. The van der Waals surface area contributed by atoms with E-state index in [0.717, 1.165) is 17.7 Å².